The largest absolute Gasteiger partial charge is 0.302 e. The molecule has 1 aromatic carbocycles. The lowest BCUT2D eigenvalue weighted by atomic mass is 9.96. The summed E-state index contributed by atoms with van der Waals surface area (Å²) in [5, 5.41) is 12.3. The maximum absolute atomic E-state index is 13.5. The molecule has 4 aromatic rings. The molecule has 13 heteroatoms. The van der Waals surface area contributed by atoms with Gasteiger partial charge in [0.1, 0.15) is 5.69 Å². The van der Waals surface area contributed by atoms with Crippen molar-refractivity contribution in [2.45, 2.75) is 43.0 Å². The van der Waals surface area contributed by atoms with Crippen molar-refractivity contribution in [2.24, 2.45) is 0 Å². The van der Waals surface area contributed by atoms with Gasteiger partial charge in [-0.05, 0) is 50.9 Å². The molecule has 1 aliphatic heterocycles. The van der Waals surface area contributed by atoms with Gasteiger partial charge in [0.25, 0.3) is 6.43 Å². The van der Waals surface area contributed by atoms with E-state index in [-0.39, 0.29) is 9.90 Å². The minimum Gasteiger partial charge on any atom is -0.302 e. The number of halogens is 2. The molecule has 0 radical (unpaired) electrons. The summed E-state index contributed by atoms with van der Waals surface area (Å²) in [4.78, 5) is 6.90. The van der Waals surface area contributed by atoms with Gasteiger partial charge in [-0.2, -0.15) is 5.10 Å². The van der Waals surface area contributed by atoms with Gasteiger partial charge in [0.15, 0.2) is 15.7 Å². The molecule has 36 heavy (non-hydrogen) atoms. The Labute approximate surface area is 209 Å². The molecule has 1 aliphatic carbocycles. The van der Waals surface area contributed by atoms with Crippen molar-refractivity contribution in [3.8, 4) is 10.7 Å². The van der Waals surface area contributed by atoms with Crippen molar-refractivity contribution < 1.29 is 17.2 Å². The fraction of sp³-hybridized carbons (Fsp3) is 0.391. The van der Waals surface area contributed by atoms with E-state index in [1.165, 1.54) is 6.07 Å². The van der Waals surface area contributed by atoms with Crippen molar-refractivity contribution in [2.75, 3.05) is 20.1 Å². The van der Waals surface area contributed by atoms with Crippen LogP contribution in [0.25, 0.3) is 32.8 Å². The van der Waals surface area contributed by atoms with Gasteiger partial charge in [0.2, 0.25) is 10.0 Å². The average molecular weight is 532 g/mol. The van der Waals surface area contributed by atoms with Crippen LogP contribution in [0.3, 0.4) is 0 Å². The molecule has 188 valence electrons. The SMILES string of the molecule is CN1CC=C(c2cc(S(=O)(=O)NC3(C)CC3)cc3c(-c4nnc(C(F)F)s4)nc4ccnn4c23)CC1. The van der Waals surface area contributed by atoms with Crippen molar-refractivity contribution >= 4 is 43.5 Å². The van der Waals surface area contributed by atoms with E-state index in [0.29, 0.717) is 22.2 Å². The summed E-state index contributed by atoms with van der Waals surface area (Å²) in [7, 11) is -1.84. The molecular formula is C23H23F2N7O2S2. The Morgan fingerprint density at radius 3 is 2.69 bits per heavy atom. The summed E-state index contributed by atoms with van der Waals surface area (Å²) in [6.07, 6.45) is 3.18. The maximum atomic E-state index is 13.5. The first kappa shape index (κ1) is 23.5. The van der Waals surface area contributed by atoms with Crippen LogP contribution in [0.1, 0.15) is 43.2 Å². The van der Waals surface area contributed by atoms with Gasteiger partial charge in [-0.15, -0.1) is 10.2 Å². The summed E-state index contributed by atoms with van der Waals surface area (Å²) in [6, 6.07) is 4.93. The number of benzene rings is 1. The van der Waals surface area contributed by atoms with Crippen LogP contribution in [-0.2, 0) is 10.0 Å². The van der Waals surface area contributed by atoms with Crippen LogP contribution in [-0.4, -0.2) is 63.8 Å². The standard InChI is InChI=1S/C23H23F2N7O2S2/c1-23(6-7-23)30-36(33,34)14-11-15(13-4-9-31(2)10-5-13)19-16(12-14)18(27-17-3-8-26-32(17)19)21-28-29-22(35-21)20(24)25/h3-4,8,11-12,20,30H,5-7,9-10H2,1-2H3. The quantitative estimate of drug-likeness (QED) is 0.402. The van der Waals surface area contributed by atoms with Crippen LogP contribution in [0, 0.1) is 0 Å². The highest BCUT2D eigenvalue weighted by Gasteiger charge is 2.41. The van der Waals surface area contributed by atoms with Gasteiger partial charge in [-0.25, -0.2) is 31.4 Å². The lowest BCUT2D eigenvalue weighted by molar-refractivity contribution is 0.150. The number of sulfonamides is 1. The Morgan fingerprint density at radius 1 is 1.22 bits per heavy atom. The highest BCUT2D eigenvalue weighted by atomic mass is 32.2. The molecule has 0 atom stereocenters. The van der Waals surface area contributed by atoms with Crippen LogP contribution < -0.4 is 4.72 Å². The van der Waals surface area contributed by atoms with Crippen molar-refractivity contribution in [1.82, 2.24) is 34.4 Å². The second-order valence-electron chi connectivity index (χ2n) is 9.58. The summed E-state index contributed by atoms with van der Waals surface area (Å²) in [5.41, 5.74) is 2.71. The number of rotatable bonds is 6. The predicted octanol–water partition coefficient (Wildman–Crippen LogP) is 3.89. The van der Waals surface area contributed by atoms with E-state index in [1.54, 1.807) is 22.8 Å². The lowest BCUT2D eigenvalue weighted by Gasteiger charge is -2.24. The van der Waals surface area contributed by atoms with E-state index in [1.807, 2.05) is 14.0 Å². The third kappa shape index (κ3) is 4.09. The molecule has 9 nitrogen and oxygen atoms in total. The van der Waals surface area contributed by atoms with Crippen LogP contribution in [0.2, 0.25) is 0 Å². The maximum Gasteiger partial charge on any atom is 0.291 e. The Morgan fingerprint density at radius 2 is 2.03 bits per heavy atom. The number of hydrogen-bond donors (Lipinski definition) is 1. The number of alkyl halides is 2. The average Bonchev–Trinajstić information content (AvgIpc) is 3.23. The first-order valence-electron chi connectivity index (χ1n) is 11.5. The van der Waals surface area contributed by atoms with E-state index in [2.05, 4.69) is 36.0 Å². The third-order valence-corrected chi connectivity index (χ3v) is 9.23. The molecule has 2 aliphatic rings. The molecule has 4 heterocycles. The molecule has 0 saturated heterocycles. The fourth-order valence-electron chi connectivity index (χ4n) is 4.41. The second-order valence-corrected chi connectivity index (χ2v) is 12.3. The topological polar surface area (TPSA) is 105 Å². The molecule has 0 amide bonds. The van der Waals surface area contributed by atoms with Crippen LogP contribution in [0.15, 0.2) is 35.4 Å². The Bertz CT molecular complexity index is 1640. The number of likely N-dealkylation sites (N-methyl/N-ethyl adjacent to an activating group) is 1. The molecular weight excluding hydrogens is 508 g/mol. The Hall–Kier alpha value is -2.87. The first-order chi connectivity index (χ1) is 17.1. The fourth-order valence-corrected chi connectivity index (χ4v) is 6.63. The van der Waals surface area contributed by atoms with Crippen LogP contribution in [0.4, 0.5) is 8.78 Å². The third-order valence-electron chi connectivity index (χ3n) is 6.68. The molecule has 1 N–H and O–H groups in total. The van der Waals surface area contributed by atoms with Crippen LogP contribution in [0.5, 0.6) is 0 Å². The summed E-state index contributed by atoms with van der Waals surface area (Å²) in [5.74, 6) is 0. The summed E-state index contributed by atoms with van der Waals surface area (Å²) in [6.45, 7) is 3.41. The molecule has 3 aromatic heterocycles. The molecule has 1 fully saturated rings. The van der Waals surface area contributed by atoms with E-state index >= 15 is 0 Å². The van der Waals surface area contributed by atoms with E-state index in [4.69, 9.17) is 0 Å². The highest BCUT2D eigenvalue weighted by molar-refractivity contribution is 7.89. The predicted molar refractivity (Wildman–Crippen MR) is 132 cm³/mol. The number of aromatic nitrogens is 5. The number of nitrogens with zero attached hydrogens (tertiary/aromatic N) is 6. The van der Waals surface area contributed by atoms with Gasteiger partial charge >= 0.3 is 0 Å². The molecule has 0 unspecified atom stereocenters. The minimum absolute atomic E-state index is 0.0890. The van der Waals surface area contributed by atoms with Crippen LogP contribution >= 0.6 is 11.3 Å². The van der Waals surface area contributed by atoms with Crippen molar-refractivity contribution in [1.29, 1.82) is 0 Å². The monoisotopic (exact) mass is 531 g/mol. The molecule has 0 bridgehead atoms. The molecule has 1 saturated carbocycles. The van der Waals surface area contributed by atoms with E-state index < -0.39 is 27.0 Å². The number of hydrogen-bond acceptors (Lipinski definition) is 8. The second kappa shape index (κ2) is 8.33. The smallest absolute Gasteiger partial charge is 0.291 e. The normalized spacial score (nSPS) is 18.3. The lowest BCUT2D eigenvalue weighted by Crippen LogP contribution is -2.34. The highest BCUT2D eigenvalue weighted by Crippen LogP contribution is 2.40. The van der Waals surface area contributed by atoms with Gasteiger partial charge < -0.3 is 4.90 Å². The van der Waals surface area contributed by atoms with Gasteiger partial charge in [0, 0.05) is 35.6 Å². The van der Waals surface area contributed by atoms with E-state index in [9.17, 15) is 17.2 Å². The van der Waals surface area contributed by atoms with Gasteiger partial charge in [-0.1, -0.05) is 17.4 Å². The first-order valence-corrected chi connectivity index (χ1v) is 13.8. The zero-order chi connectivity index (χ0) is 25.2. The van der Waals surface area contributed by atoms with Gasteiger partial charge in [0.05, 0.1) is 16.6 Å². The van der Waals surface area contributed by atoms with Crippen molar-refractivity contribution in [3.63, 3.8) is 0 Å². The number of nitrogens with one attached hydrogen (secondary N) is 1. The Balaban J connectivity index is 1.67. The number of fused-ring (bicyclic) bond motifs is 3. The van der Waals surface area contributed by atoms with E-state index in [0.717, 1.165) is 54.8 Å². The zero-order valence-electron chi connectivity index (χ0n) is 19.6. The Kier molecular flexibility index (Phi) is 5.44. The molecule has 6 rings (SSSR count). The summed E-state index contributed by atoms with van der Waals surface area (Å²) >= 11 is 0.744. The van der Waals surface area contributed by atoms with Gasteiger partial charge in [-0.3, -0.25) is 0 Å². The zero-order valence-corrected chi connectivity index (χ0v) is 21.2. The molecule has 0 spiro atoms. The van der Waals surface area contributed by atoms with Crippen molar-refractivity contribution in [3.05, 3.63) is 41.0 Å². The minimum atomic E-state index is -3.86. The summed E-state index contributed by atoms with van der Waals surface area (Å²) < 4.78 is 58.0.